The maximum Gasteiger partial charge on any atom is 0.339 e. The summed E-state index contributed by atoms with van der Waals surface area (Å²) in [6.07, 6.45) is 0. The van der Waals surface area contributed by atoms with Crippen LogP contribution in [0.5, 0.6) is 5.75 Å². The molecule has 2 rings (SSSR count). The SMILES string of the molecule is NC(=O)c1ccc(S(=O)(=O)Oc2cccc(I)c2)cc1. The molecule has 20 heavy (non-hydrogen) atoms. The second-order valence-corrected chi connectivity index (χ2v) is 6.68. The third-order valence-corrected chi connectivity index (χ3v) is 4.36. The Morgan fingerprint density at radius 3 is 2.30 bits per heavy atom. The van der Waals surface area contributed by atoms with Crippen molar-refractivity contribution in [2.75, 3.05) is 0 Å². The highest BCUT2D eigenvalue weighted by molar-refractivity contribution is 14.1. The van der Waals surface area contributed by atoms with Gasteiger partial charge in [-0.2, -0.15) is 8.42 Å². The van der Waals surface area contributed by atoms with Crippen LogP contribution >= 0.6 is 22.6 Å². The standard InChI is InChI=1S/C13H10INO4S/c14-10-2-1-3-11(8-10)19-20(17,18)12-6-4-9(5-7-12)13(15)16/h1-8H,(H2,15,16). The van der Waals surface area contributed by atoms with E-state index in [0.717, 1.165) is 3.57 Å². The van der Waals surface area contributed by atoms with E-state index >= 15 is 0 Å². The summed E-state index contributed by atoms with van der Waals surface area (Å²) in [5.41, 5.74) is 5.33. The molecular weight excluding hydrogens is 393 g/mol. The lowest BCUT2D eigenvalue weighted by atomic mass is 10.2. The zero-order valence-corrected chi connectivity index (χ0v) is 13.1. The fraction of sp³-hybridized carbons (Fsp3) is 0. The quantitative estimate of drug-likeness (QED) is 0.626. The highest BCUT2D eigenvalue weighted by atomic mass is 127. The van der Waals surface area contributed by atoms with Crippen molar-refractivity contribution in [3.05, 3.63) is 57.7 Å². The van der Waals surface area contributed by atoms with E-state index < -0.39 is 16.0 Å². The van der Waals surface area contributed by atoms with Crippen LogP contribution in [-0.4, -0.2) is 14.3 Å². The van der Waals surface area contributed by atoms with Crippen LogP contribution in [0.3, 0.4) is 0 Å². The molecule has 0 spiro atoms. The number of carbonyl (C=O) groups is 1. The number of primary amides is 1. The number of rotatable bonds is 4. The maximum absolute atomic E-state index is 12.1. The fourth-order valence-corrected chi connectivity index (χ4v) is 2.92. The Morgan fingerprint density at radius 2 is 1.75 bits per heavy atom. The molecule has 0 aromatic heterocycles. The topological polar surface area (TPSA) is 86.5 Å². The molecule has 1 amide bonds. The van der Waals surface area contributed by atoms with Crippen molar-refractivity contribution in [3.63, 3.8) is 0 Å². The average Bonchev–Trinajstić information content (AvgIpc) is 2.38. The molecule has 0 radical (unpaired) electrons. The second kappa shape index (κ2) is 5.80. The molecule has 0 saturated carbocycles. The highest BCUT2D eigenvalue weighted by Gasteiger charge is 2.17. The number of hydrogen-bond acceptors (Lipinski definition) is 4. The molecule has 2 aromatic rings. The molecule has 0 bridgehead atoms. The van der Waals surface area contributed by atoms with Gasteiger partial charge in [0.1, 0.15) is 10.6 Å². The third-order valence-electron chi connectivity index (χ3n) is 2.43. The van der Waals surface area contributed by atoms with Crippen LogP contribution in [0.4, 0.5) is 0 Å². The predicted octanol–water partition coefficient (Wildman–Crippen LogP) is 2.16. The molecule has 0 fully saturated rings. The third kappa shape index (κ3) is 3.48. The van der Waals surface area contributed by atoms with Crippen molar-refractivity contribution >= 4 is 38.6 Å². The predicted molar refractivity (Wildman–Crippen MR) is 81.9 cm³/mol. The Kier molecular flexibility index (Phi) is 4.29. The first-order valence-corrected chi connectivity index (χ1v) is 7.97. The van der Waals surface area contributed by atoms with Crippen molar-refractivity contribution in [2.24, 2.45) is 5.73 Å². The van der Waals surface area contributed by atoms with Crippen LogP contribution < -0.4 is 9.92 Å². The van der Waals surface area contributed by atoms with Crippen molar-refractivity contribution < 1.29 is 17.4 Å². The summed E-state index contributed by atoms with van der Waals surface area (Å²) in [7, 11) is -3.93. The van der Waals surface area contributed by atoms with Gasteiger partial charge < -0.3 is 9.92 Å². The summed E-state index contributed by atoms with van der Waals surface area (Å²) in [4.78, 5) is 10.9. The molecule has 2 N–H and O–H groups in total. The van der Waals surface area contributed by atoms with Crippen molar-refractivity contribution in [2.45, 2.75) is 4.90 Å². The van der Waals surface area contributed by atoms with Crippen LogP contribution in [0.25, 0.3) is 0 Å². The molecule has 104 valence electrons. The largest absolute Gasteiger partial charge is 0.379 e. The van der Waals surface area contributed by atoms with Gasteiger partial charge in [-0.05, 0) is 65.1 Å². The lowest BCUT2D eigenvalue weighted by molar-refractivity contribution is 0.1000. The Balaban J connectivity index is 2.28. The van der Waals surface area contributed by atoms with E-state index in [-0.39, 0.29) is 16.2 Å². The Bertz CT molecular complexity index is 741. The fourth-order valence-electron chi connectivity index (χ4n) is 1.48. The molecule has 0 heterocycles. The zero-order chi connectivity index (χ0) is 14.8. The number of carbonyl (C=O) groups excluding carboxylic acids is 1. The minimum atomic E-state index is -3.93. The van der Waals surface area contributed by atoms with Crippen LogP contribution in [-0.2, 0) is 10.1 Å². The van der Waals surface area contributed by atoms with E-state index in [1.165, 1.54) is 24.3 Å². The van der Waals surface area contributed by atoms with Gasteiger partial charge in [0, 0.05) is 9.13 Å². The van der Waals surface area contributed by atoms with Gasteiger partial charge in [0.25, 0.3) is 0 Å². The summed E-state index contributed by atoms with van der Waals surface area (Å²) >= 11 is 2.06. The summed E-state index contributed by atoms with van der Waals surface area (Å²) < 4.78 is 30.0. The molecule has 7 heteroatoms. The number of benzene rings is 2. The Morgan fingerprint density at radius 1 is 1.10 bits per heavy atom. The van der Waals surface area contributed by atoms with Gasteiger partial charge in [-0.1, -0.05) is 6.07 Å². The van der Waals surface area contributed by atoms with Gasteiger partial charge in [-0.15, -0.1) is 0 Å². The second-order valence-electron chi connectivity index (χ2n) is 3.88. The first-order valence-electron chi connectivity index (χ1n) is 5.48. The molecule has 0 saturated heterocycles. The number of hydrogen-bond donors (Lipinski definition) is 1. The van der Waals surface area contributed by atoms with Gasteiger partial charge in [0.15, 0.2) is 0 Å². The van der Waals surface area contributed by atoms with E-state index in [1.807, 2.05) is 6.07 Å². The number of halogens is 1. The maximum atomic E-state index is 12.1. The molecule has 5 nitrogen and oxygen atoms in total. The summed E-state index contributed by atoms with van der Waals surface area (Å²) in [6.45, 7) is 0. The highest BCUT2D eigenvalue weighted by Crippen LogP contribution is 2.20. The van der Waals surface area contributed by atoms with E-state index in [1.54, 1.807) is 18.2 Å². The molecule has 0 aliphatic rings. The van der Waals surface area contributed by atoms with E-state index in [4.69, 9.17) is 9.92 Å². The van der Waals surface area contributed by atoms with E-state index in [9.17, 15) is 13.2 Å². The number of nitrogens with two attached hydrogens (primary N) is 1. The smallest absolute Gasteiger partial charge is 0.339 e. The summed E-state index contributed by atoms with van der Waals surface area (Å²) in [6, 6.07) is 11.9. The first kappa shape index (κ1) is 14.8. The van der Waals surface area contributed by atoms with Gasteiger partial charge in [0.05, 0.1) is 0 Å². The first-order chi connectivity index (χ1) is 9.38. The van der Waals surface area contributed by atoms with Gasteiger partial charge in [-0.25, -0.2) is 0 Å². The molecular formula is C13H10INO4S. The zero-order valence-electron chi connectivity index (χ0n) is 10.1. The molecule has 0 aliphatic carbocycles. The van der Waals surface area contributed by atoms with Crippen molar-refractivity contribution in [1.82, 2.24) is 0 Å². The van der Waals surface area contributed by atoms with Gasteiger partial charge in [-0.3, -0.25) is 4.79 Å². The monoisotopic (exact) mass is 403 g/mol. The molecule has 0 unspecified atom stereocenters. The normalized spacial score (nSPS) is 11.1. The van der Waals surface area contributed by atoms with Gasteiger partial charge in [0.2, 0.25) is 5.91 Å². The minimum absolute atomic E-state index is 0.0404. The average molecular weight is 403 g/mol. The Labute approximate surface area is 130 Å². The molecule has 0 atom stereocenters. The Hall–Kier alpha value is -1.61. The lowest BCUT2D eigenvalue weighted by Crippen LogP contribution is -2.13. The minimum Gasteiger partial charge on any atom is -0.379 e. The summed E-state index contributed by atoms with van der Waals surface area (Å²) in [5, 5.41) is 0. The van der Waals surface area contributed by atoms with Crippen LogP contribution in [0.15, 0.2) is 53.4 Å². The van der Waals surface area contributed by atoms with Gasteiger partial charge >= 0.3 is 10.1 Å². The summed E-state index contributed by atoms with van der Waals surface area (Å²) in [5.74, 6) is -0.386. The van der Waals surface area contributed by atoms with E-state index in [0.29, 0.717) is 0 Å². The number of amides is 1. The van der Waals surface area contributed by atoms with Crippen LogP contribution in [0.2, 0.25) is 0 Å². The molecule has 2 aromatic carbocycles. The molecule has 0 aliphatic heterocycles. The van der Waals surface area contributed by atoms with Crippen LogP contribution in [0, 0.1) is 3.57 Å². The van der Waals surface area contributed by atoms with E-state index in [2.05, 4.69) is 22.6 Å². The van der Waals surface area contributed by atoms with Crippen molar-refractivity contribution in [3.8, 4) is 5.75 Å². The van der Waals surface area contributed by atoms with Crippen LogP contribution in [0.1, 0.15) is 10.4 Å². The van der Waals surface area contributed by atoms with Crippen molar-refractivity contribution in [1.29, 1.82) is 0 Å². The lowest BCUT2D eigenvalue weighted by Gasteiger charge is -2.07.